The number of nitrogens with zero attached hydrogens (tertiary/aromatic N) is 1. The minimum Gasteiger partial charge on any atom is -0.358 e. The number of hydrogen-bond acceptors (Lipinski definition) is 3. The number of rotatable bonds is 1. The normalized spacial score (nSPS) is 19.1. The lowest BCUT2D eigenvalue weighted by Gasteiger charge is -2.29. The molecule has 2 heterocycles. The van der Waals surface area contributed by atoms with E-state index in [4.69, 9.17) is 23.2 Å². The molecule has 1 aromatic heterocycles. The predicted molar refractivity (Wildman–Crippen MR) is 99.3 cm³/mol. The van der Waals surface area contributed by atoms with Gasteiger partial charge in [-0.15, -0.1) is 0 Å². The number of aromatic nitrogens is 2. The van der Waals surface area contributed by atoms with Gasteiger partial charge >= 0.3 is 0 Å². The van der Waals surface area contributed by atoms with Crippen LogP contribution in [0.5, 0.6) is 0 Å². The second-order valence-corrected chi connectivity index (χ2v) is 7.24. The van der Waals surface area contributed by atoms with E-state index in [0.717, 1.165) is 45.4 Å². The first kappa shape index (κ1) is 15.0. The Morgan fingerprint density at radius 1 is 1.12 bits per heavy atom. The van der Waals surface area contributed by atoms with Gasteiger partial charge in [0, 0.05) is 50.3 Å². The van der Waals surface area contributed by atoms with E-state index in [1.165, 1.54) is 0 Å². The van der Waals surface area contributed by atoms with Gasteiger partial charge < -0.3 is 5.32 Å². The van der Waals surface area contributed by atoms with Crippen LogP contribution in [0, 0.1) is 0 Å². The molecule has 2 N–H and O–H groups in total. The van der Waals surface area contributed by atoms with Gasteiger partial charge in [-0.2, -0.15) is 5.10 Å². The van der Waals surface area contributed by atoms with Crippen LogP contribution in [0.1, 0.15) is 29.9 Å². The van der Waals surface area contributed by atoms with Crippen LogP contribution in [0.3, 0.4) is 0 Å². The summed E-state index contributed by atoms with van der Waals surface area (Å²) in [4.78, 5) is 12.7. The maximum atomic E-state index is 12.7. The highest BCUT2D eigenvalue weighted by Gasteiger charge is 2.38. The zero-order valence-corrected chi connectivity index (χ0v) is 14.6. The van der Waals surface area contributed by atoms with Gasteiger partial charge in [-0.3, -0.25) is 9.89 Å². The number of allylic oxidation sites excluding steroid dienone is 2. The standard InChI is InChI=1S/C19H13Cl2N3O/c20-10-2-3-11(12(21)7-10)16-17-13(5-6-15(17)25)23-14-4-1-9-8-22-24-19(9)18(14)16/h1-4,7-8,16,23H,5-6H2,(H,22,24). The van der Waals surface area contributed by atoms with Crippen molar-refractivity contribution in [3.63, 3.8) is 0 Å². The Labute approximate surface area is 153 Å². The average molecular weight is 370 g/mol. The van der Waals surface area contributed by atoms with Crippen LogP contribution < -0.4 is 5.32 Å². The quantitative estimate of drug-likeness (QED) is 0.631. The van der Waals surface area contributed by atoms with Crippen molar-refractivity contribution < 1.29 is 4.79 Å². The van der Waals surface area contributed by atoms with Gasteiger partial charge in [0.05, 0.1) is 11.7 Å². The molecule has 2 aromatic carbocycles. The van der Waals surface area contributed by atoms with Crippen molar-refractivity contribution in [2.75, 3.05) is 5.32 Å². The average Bonchev–Trinajstić information content (AvgIpc) is 3.20. The second kappa shape index (κ2) is 5.35. The zero-order valence-electron chi connectivity index (χ0n) is 13.1. The van der Waals surface area contributed by atoms with Gasteiger partial charge in [0.25, 0.3) is 0 Å². The zero-order chi connectivity index (χ0) is 17.1. The summed E-state index contributed by atoms with van der Waals surface area (Å²) in [5, 5.41) is 12.8. The van der Waals surface area contributed by atoms with Crippen molar-refractivity contribution in [2.24, 2.45) is 0 Å². The van der Waals surface area contributed by atoms with E-state index in [9.17, 15) is 4.79 Å². The number of carbonyl (C=O) groups excluding carboxylic acids is 1. The van der Waals surface area contributed by atoms with E-state index in [2.05, 4.69) is 15.5 Å². The Morgan fingerprint density at radius 2 is 2.00 bits per heavy atom. The number of nitrogens with one attached hydrogen (secondary N) is 2. The molecule has 0 bridgehead atoms. The summed E-state index contributed by atoms with van der Waals surface area (Å²) in [5.41, 5.74) is 5.60. The summed E-state index contributed by atoms with van der Waals surface area (Å²) in [6.07, 6.45) is 3.05. The highest BCUT2D eigenvalue weighted by molar-refractivity contribution is 6.35. The summed E-state index contributed by atoms with van der Waals surface area (Å²) < 4.78 is 0. The number of anilines is 1. The molecule has 0 amide bonds. The van der Waals surface area contributed by atoms with Crippen LogP contribution in [0.15, 0.2) is 47.8 Å². The van der Waals surface area contributed by atoms with Crippen molar-refractivity contribution in [3.8, 4) is 0 Å². The third-order valence-electron chi connectivity index (χ3n) is 5.02. The number of halogens is 2. The van der Waals surface area contributed by atoms with Crippen LogP contribution in [0.25, 0.3) is 10.9 Å². The lowest BCUT2D eigenvalue weighted by molar-refractivity contribution is -0.115. The van der Waals surface area contributed by atoms with Gasteiger partial charge in [0.1, 0.15) is 0 Å². The van der Waals surface area contributed by atoms with Crippen molar-refractivity contribution >= 4 is 45.6 Å². The van der Waals surface area contributed by atoms with Gasteiger partial charge in [-0.25, -0.2) is 0 Å². The maximum absolute atomic E-state index is 12.7. The molecule has 0 radical (unpaired) electrons. The third kappa shape index (κ3) is 2.14. The van der Waals surface area contributed by atoms with Gasteiger partial charge in [-0.1, -0.05) is 29.3 Å². The van der Waals surface area contributed by atoms with E-state index >= 15 is 0 Å². The summed E-state index contributed by atoms with van der Waals surface area (Å²) in [7, 11) is 0. The first-order chi connectivity index (χ1) is 12.1. The summed E-state index contributed by atoms with van der Waals surface area (Å²) in [6.45, 7) is 0. The Kier molecular flexibility index (Phi) is 3.21. The molecule has 3 aromatic rings. The summed E-state index contributed by atoms with van der Waals surface area (Å²) >= 11 is 12.6. The number of Topliss-reactive ketones (excluding diaryl/α,β-unsaturated/α-hetero) is 1. The molecule has 0 fully saturated rings. The molecule has 4 nitrogen and oxygen atoms in total. The SMILES string of the molecule is O=C1CCC2=C1C(c1ccc(Cl)cc1Cl)c1c(ccc3cn[nH]c13)N2. The van der Waals surface area contributed by atoms with E-state index in [-0.39, 0.29) is 11.7 Å². The largest absolute Gasteiger partial charge is 0.358 e. The minimum absolute atomic E-state index is 0.167. The molecular weight excluding hydrogens is 357 g/mol. The minimum atomic E-state index is -0.227. The Bertz CT molecular complexity index is 1080. The molecule has 1 atom stereocenters. The number of aromatic amines is 1. The van der Waals surface area contributed by atoms with Crippen LogP contribution in [0.4, 0.5) is 5.69 Å². The molecule has 25 heavy (non-hydrogen) atoms. The fourth-order valence-electron chi connectivity index (χ4n) is 3.94. The molecule has 0 saturated heterocycles. The van der Waals surface area contributed by atoms with Crippen LogP contribution in [0.2, 0.25) is 10.0 Å². The first-order valence-electron chi connectivity index (χ1n) is 8.07. The predicted octanol–water partition coefficient (Wildman–Crippen LogP) is 5.04. The van der Waals surface area contributed by atoms with Crippen molar-refractivity contribution in [3.05, 3.63) is 69.0 Å². The Balaban J connectivity index is 1.85. The molecule has 1 aliphatic carbocycles. The smallest absolute Gasteiger partial charge is 0.161 e. The number of hydrogen-bond donors (Lipinski definition) is 2. The fourth-order valence-corrected chi connectivity index (χ4v) is 4.46. The number of H-pyrrole nitrogens is 1. The lowest BCUT2D eigenvalue weighted by atomic mass is 9.80. The van der Waals surface area contributed by atoms with Crippen molar-refractivity contribution in [2.45, 2.75) is 18.8 Å². The van der Waals surface area contributed by atoms with Crippen molar-refractivity contribution in [1.82, 2.24) is 10.2 Å². The molecule has 1 unspecified atom stereocenters. The topological polar surface area (TPSA) is 57.8 Å². The highest BCUT2D eigenvalue weighted by atomic mass is 35.5. The lowest BCUT2D eigenvalue weighted by Crippen LogP contribution is -2.20. The van der Waals surface area contributed by atoms with E-state index in [0.29, 0.717) is 16.5 Å². The molecule has 124 valence electrons. The Morgan fingerprint density at radius 3 is 2.84 bits per heavy atom. The summed E-state index contributed by atoms with van der Waals surface area (Å²) in [6, 6.07) is 9.52. The second-order valence-electron chi connectivity index (χ2n) is 6.40. The molecule has 2 aliphatic rings. The van der Waals surface area contributed by atoms with E-state index in [1.54, 1.807) is 12.3 Å². The van der Waals surface area contributed by atoms with Gasteiger partial charge in [0.2, 0.25) is 0 Å². The van der Waals surface area contributed by atoms with Crippen molar-refractivity contribution in [1.29, 1.82) is 0 Å². The molecule has 0 saturated carbocycles. The first-order valence-corrected chi connectivity index (χ1v) is 8.83. The van der Waals surface area contributed by atoms with Gasteiger partial charge in [-0.05, 0) is 36.2 Å². The van der Waals surface area contributed by atoms with E-state index < -0.39 is 0 Å². The molecule has 5 rings (SSSR count). The molecule has 6 heteroatoms. The number of benzene rings is 2. The number of ketones is 1. The third-order valence-corrected chi connectivity index (χ3v) is 5.58. The summed E-state index contributed by atoms with van der Waals surface area (Å²) in [5.74, 6) is -0.0594. The van der Waals surface area contributed by atoms with Gasteiger partial charge in [0.15, 0.2) is 5.78 Å². The Hall–Kier alpha value is -2.30. The fraction of sp³-hybridized carbons (Fsp3) is 0.158. The van der Waals surface area contributed by atoms with Crippen LogP contribution >= 0.6 is 23.2 Å². The molecule has 1 aliphatic heterocycles. The van der Waals surface area contributed by atoms with E-state index in [1.807, 2.05) is 24.3 Å². The highest BCUT2D eigenvalue weighted by Crippen LogP contribution is 2.49. The monoisotopic (exact) mass is 369 g/mol. The molecular formula is C19H13Cl2N3O. The molecule has 0 spiro atoms. The van der Waals surface area contributed by atoms with Crippen LogP contribution in [-0.2, 0) is 4.79 Å². The van der Waals surface area contributed by atoms with Crippen LogP contribution in [-0.4, -0.2) is 16.0 Å². The number of fused-ring (bicyclic) bond motifs is 3. The number of carbonyl (C=O) groups is 1. The maximum Gasteiger partial charge on any atom is 0.161 e.